The van der Waals surface area contributed by atoms with Crippen LogP contribution in [0.15, 0.2) is 0 Å². The van der Waals surface area contributed by atoms with Crippen LogP contribution in [0.5, 0.6) is 0 Å². The fraction of sp³-hybridized carbons (Fsp3) is 0.825. The Kier molecular flexibility index (Phi) is 31.0. The lowest BCUT2D eigenvalue weighted by atomic mass is 9.92. The van der Waals surface area contributed by atoms with Crippen molar-refractivity contribution in [3.8, 4) is 0 Å². The molecule has 4 unspecified atom stereocenters. The maximum absolute atomic E-state index is 14.2. The third-order valence-electron chi connectivity index (χ3n) is 15.0. The number of amides is 9. The van der Waals surface area contributed by atoms with E-state index in [4.69, 9.17) is 5.11 Å². The van der Waals surface area contributed by atoms with Gasteiger partial charge >= 0.3 is 0 Å². The average Bonchev–Trinajstić information content (AvgIpc) is 3.87. The molecule has 0 aromatic heterocycles. The number of Topliss-reactive ketones (excluding diaryl/α,β-unsaturated/α-hetero) is 1. The van der Waals surface area contributed by atoms with E-state index < -0.39 is 112 Å². The molecular formula is C57H104N10O12. The second-order valence-electron chi connectivity index (χ2n) is 23.9. The SMILES string of the molecule is CCCCCCC(C)C(=O)N1CCC[C@H]1C(=O)N[C@@H](CC(C)CC(O)CC(=O)CC)C(=O)N[C@@H](C)C(=O)NC(C)(C)C(=O)N[C@H](C(=O)N[C@H](C(=O)NC(C)(C)C(=O)NC(C)(C)C(=O)NC(C)CNCCO)[C@@H](C)CC)[C@@H](C)CC. The first-order chi connectivity index (χ1) is 36.7. The van der Waals surface area contributed by atoms with Gasteiger partial charge in [0.25, 0.3) is 0 Å². The van der Waals surface area contributed by atoms with Crippen molar-refractivity contribution in [1.29, 1.82) is 0 Å². The Morgan fingerprint density at radius 1 is 0.620 bits per heavy atom. The van der Waals surface area contributed by atoms with Crippen molar-refractivity contribution >= 4 is 58.9 Å². The molecule has 0 aliphatic carbocycles. The van der Waals surface area contributed by atoms with Gasteiger partial charge in [-0.15, -0.1) is 0 Å². The van der Waals surface area contributed by atoms with Crippen LogP contribution in [0.3, 0.4) is 0 Å². The van der Waals surface area contributed by atoms with Crippen LogP contribution in [-0.2, 0) is 47.9 Å². The van der Waals surface area contributed by atoms with Gasteiger partial charge < -0.3 is 63.0 Å². The number of aliphatic hydroxyl groups is 2. The van der Waals surface area contributed by atoms with Crippen LogP contribution in [0, 0.1) is 23.7 Å². The minimum Gasteiger partial charge on any atom is -0.395 e. The molecule has 1 rings (SSSR count). The van der Waals surface area contributed by atoms with Crippen molar-refractivity contribution in [2.24, 2.45) is 23.7 Å². The summed E-state index contributed by atoms with van der Waals surface area (Å²) in [6.45, 7) is 27.6. The van der Waals surface area contributed by atoms with E-state index >= 15 is 0 Å². The van der Waals surface area contributed by atoms with Crippen LogP contribution >= 0.6 is 0 Å². The molecule has 9 amide bonds. The Hall–Kier alpha value is -5.22. The summed E-state index contributed by atoms with van der Waals surface area (Å²) in [5, 5.41) is 44.7. The maximum Gasteiger partial charge on any atom is 0.246 e. The summed E-state index contributed by atoms with van der Waals surface area (Å²) in [5.41, 5.74) is -4.64. The van der Waals surface area contributed by atoms with E-state index in [1.165, 1.54) is 48.5 Å². The molecule has 0 spiro atoms. The molecule has 0 bridgehead atoms. The van der Waals surface area contributed by atoms with E-state index in [-0.39, 0.29) is 61.9 Å². The Morgan fingerprint density at radius 3 is 1.75 bits per heavy atom. The first-order valence-electron chi connectivity index (χ1n) is 29.0. The standard InChI is InChI=1S/C57H104N10O12/c1-17-21-22-23-25-37(8)51(76)67-28-24-26-43(67)48(73)61-42(31-34(5)30-41(70)32-40(69)20-4)47(72)60-39(10)46(71)64-55(11,12)53(78)63-44(35(6)18-2)49(74)62-45(36(7)19-3)50(75)65-57(15,16)54(79)66-56(13,14)52(77)59-38(9)33-58-27-29-68/h34-39,41-45,58,68,70H,17-33H2,1-16H3,(H,59,77)(H,60,72)(H,61,73)(H,62,74)(H,63,78)(H,64,71)(H,65,75)(H,66,79)/t34?,35-,36-,37?,38?,39-,41?,42-,43-,44-,45-/m0/s1. The Bertz CT molecular complexity index is 2030. The quantitative estimate of drug-likeness (QED) is 0.0399. The summed E-state index contributed by atoms with van der Waals surface area (Å²) in [4.78, 5) is 138. The molecule has 1 saturated heterocycles. The summed E-state index contributed by atoms with van der Waals surface area (Å²) < 4.78 is 0. The van der Waals surface area contributed by atoms with Crippen LogP contribution in [0.1, 0.15) is 194 Å². The van der Waals surface area contributed by atoms with Gasteiger partial charge in [0.15, 0.2) is 0 Å². The summed E-state index contributed by atoms with van der Waals surface area (Å²) in [6, 6.07) is -5.98. The molecule has 1 heterocycles. The smallest absolute Gasteiger partial charge is 0.246 e. The first kappa shape index (κ1) is 71.8. The zero-order chi connectivity index (χ0) is 60.6. The second kappa shape index (κ2) is 34.2. The van der Waals surface area contributed by atoms with E-state index in [9.17, 15) is 53.1 Å². The number of ketones is 1. The molecule has 454 valence electrons. The van der Waals surface area contributed by atoms with Crippen LogP contribution in [0.2, 0.25) is 0 Å². The second-order valence-corrected chi connectivity index (χ2v) is 23.9. The number of rotatable bonds is 37. The largest absolute Gasteiger partial charge is 0.395 e. The summed E-state index contributed by atoms with van der Waals surface area (Å²) >= 11 is 0. The van der Waals surface area contributed by atoms with Gasteiger partial charge in [-0.05, 0) is 105 Å². The van der Waals surface area contributed by atoms with Crippen molar-refractivity contribution in [1.82, 2.24) is 52.8 Å². The first-order valence-corrected chi connectivity index (χ1v) is 29.0. The van der Waals surface area contributed by atoms with Gasteiger partial charge in [0.2, 0.25) is 53.2 Å². The van der Waals surface area contributed by atoms with E-state index in [0.717, 1.165) is 25.7 Å². The van der Waals surface area contributed by atoms with E-state index in [1.807, 2.05) is 20.8 Å². The van der Waals surface area contributed by atoms with Crippen molar-refractivity contribution < 1.29 is 58.2 Å². The maximum atomic E-state index is 14.2. The number of hydrogen-bond donors (Lipinski definition) is 11. The number of carbonyl (C=O) groups is 10. The monoisotopic (exact) mass is 1120 g/mol. The number of unbranched alkanes of at least 4 members (excludes halogenated alkanes) is 3. The lowest BCUT2D eigenvalue weighted by molar-refractivity contribution is -0.142. The minimum absolute atomic E-state index is 0.0296. The number of carbonyl (C=O) groups excluding carboxylic acids is 10. The zero-order valence-electron chi connectivity index (χ0n) is 50.8. The molecule has 22 heteroatoms. The lowest BCUT2D eigenvalue weighted by Crippen LogP contribution is -2.66. The molecule has 0 aromatic carbocycles. The van der Waals surface area contributed by atoms with Crippen LogP contribution in [0.25, 0.3) is 0 Å². The molecule has 0 radical (unpaired) electrons. The molecule has 1 aliphatic heterocycles. The van der Waals surface area contributed by atoms with Gasteiger partial charge in [0.05, 0.1) is 12.7 Å². The number of nitrogens with zero attached hydrogens (tertiary/aromatic N) is 1. The number of likely N-dealkylation sites (tertiary alicyclic amines) is 1. The van der Waals surface area contributed by atoms with E-state index in [2.05, 4.69) is 54.8 Å². The van der Waals surface area contributed by atoms with Gasteiger partial charge in [-0.25, -0.2) is 0 Å². The predicted molar refractivity (Wildman–Crippen MR) is 304 cm³/mol. The predicted octanol–water partition coefficient (Wildman–Crippen LogP) is 2.55. The highest BCUT2D eigenvalue weighted by molar-refractivity contribution is 6.00. The van der Waals surface area contributed by atoms with E-state index in [1.54, 1.807) is 39.5 Å². The highest BCUT2D eigenvalue weighted by Gasteiger charge is 2.42. The number of nitrogens with one attached hydrogen (secondary N) is 9. The fourth-order valence-corrected chi connectivity index (χ4v) is 9.15. The molecule has 0 saturated carbocycles. The molecule has 79 heavy (non-hydrogen) atoms. The third-order valence-corrected chi connectivity index (χ3v) is 15.0. The molecule has 1 fully saturated rings. The summed E-state index contributed by atoms with van der Waals surface area (Å²) in [7, 11) is 0. The highest BCUT2D eigenvalue weighted by Crippen LogP contribution is 2.24. The Morgan fingerprint density at radius 2 is 1.18 bits per heavy atom. The van der Waals surface area contributed by atoms with Gasteiger partial charge in [0.1, 0.15) is 52.6 Å². The van der Waals surface area contributed by atoms with Crippen molar-refractivity contribution in [3.05, 3.63) is 0 Å². The third kappa shape index (κ3) is 24.2. The van der Waals surface area contributed by atoms with Gasteiger partial charge in [-0.2, -0.15) is 0 Å². The fourth-order valence-electron chi connectivity index (χ4n) is 9.15. The van der Waals surface area contributed by atoms with Gasteiger partial charge in [0, 0.05) is 44.4 Å². The normalized spacial score (nSPS) is 17.7. The number of hydrogen-bond acceptors (Lipinski definition) is 13. The molecule has 0 aromatic rings. The van der Waals surface area contributed by atoms with Crippen LogP contribution in [0.4, 0.5) is 0 Å². The zero-order valence-corrected chi connectivity index (χ0v) is 50.8. The molecule has 22 nitrogen and oxygen atoms in total. The minimum atomic E-state index is -1.67. The van der Waals surface area contributed by atoms with Gasteiger partial charge in [-0.3, -0.25) is 47.9 Å². The van der Waals surface area contributed by atoms with Crippen LogP contribution < -0.4 is 47.9 Å². The molecule has 1 aliphatic rings. The van der Waals surface area contributed by atoms with Crippen LogP contribution in [-0.4, -0.2) is 159 Å². The van der Waals surface area contributed by atoms with E-state index in [0.29, 0.717) is 51.7 Å². The Labute approximate surface area is 471 Å². The summed E-state index contributed by atoms with van der Waals surface area (Å²) in [6.07, 6.45) is 6.01. The van der Waals surface area contributed by atoms with Crippen molar-refractivity contribution in [2.75, 3.05) is 26.2 Å². The lowest BCUT2D eigenvalue weighted by Gasteiger charge is -2.35. The van der Waals surface area contributed by atoms with Crippen molar-refractivity contribution in [3.63, 3.8) is 0 Å². The van der Waals surface area contributed by atoms with Crippen molar-refractivity contribution in [2.45, 2.75) is 253 Å². The topological polar surface area (TPSA) is 323 Å². The molecule has 11 atom stereocenters. The molecular weight excluding hydrogens is 1020 g/mol. The summed E-state index contributed by atoms with van der Waals surface area (Å²) in [5.74, 6) is -7.12. The van der Waals surface area contributed by atoms with Gasteiger partial charge in [-0.1, -0.05) is 93.9 Å². The average molecular weight is 1120 g/mol. The highest BCUT2D eigenvalue weighted by atomic mass is 16.3. The molecule has 11 N–H and O–H groups in total. The Balaban J connectivity index is 3.27. The number of aliphatic hydroxyl groups excluding tert-OH is 2.